The molecule has 0 aliphatic carbocycles. The van der Waals surface area contributed by atoms with Crippen LogP contribution in [0, 0.1) is 5.82 Å². The molecule has 1 heterocycles. The van der Waals surface area contributed by atoms with Crippen molar-refractivity contribution in [1.29, 1.82) is 0 Å². The fraction of sp³-hybridized carbons (Fsp3) is 0.368. The number of nitrogen functional groups attached to an aromatic ring is 1. The van der Waals surface area contributed by atoms with Crippen LogP contribution in [0.25, 0.3) is 0 Å². The lowest BCUT2D eigenvalue weighted by molar-refractivity contribution is 0.121. The standard InChI is InChI=1S/C19H24FN3O.2ClH/c1-24-19-6-5-17(20)12-16(19)14-23-9-7-22(8-10-23)13-15-3-2-4-18(21)11-15;;/h2-6,11-12H,7-10,13-14,21H2,1H3;2*1H. The number of piperazine rings is 1. The van der Waals surface area contributed by atoms with Gasteiger partial charge in [0.25, 0.3) is 0 Å². The van der Waals surface area contributed by atoms with E-state index in [9.17, 15) is 4.39 Å². The Balaban J connectivity index is 0.00000169. The lowest BCUT2D eigenvalue weighted by Crippen LogP contribution is -2.45. The summed E-state index contributed by atoms with van der Waals surface area (Å²) in [4.78, 5) is 4.77. The summed E-state index contributed by atoms with van der Waals surface area (Å²) < 4.78 is 18.8. The van der Waals surface area contributed by atoms with Crippen LogP contribution in [0.5, 0.6) is 5.75 Å². The molecule has 7 heteroatoms. The van der Waals surface area contributed by atoms with Crippen LogP contribution in [0.1, 0.15) is 11.1 Å². The summed E-state index contributed by atoms with van der Waals surface area (Å²) in [6.45, 7) is 5.54. The third-order valence-corrected chi connectivity index (χ3v) is 4.46. The summed E-state index contributed by atoms with van der Waals surface area (Å²) in [5.41, 5.74) is 8.80. The van der Waals surface area contributed by atoms with E-state index in [-0.39, 0.29) is 30.6 Å². The molecule has 2 aromatic carbocycles. The van der Waals surface area contributed by atoms with E-state index in [1.54, 1.807) is 19.2 Å². The number of benzene rings is 2. The van der Waals surface area contributed by atoms with Gasteiger partial charge in [-0.2, -0.15) is 0 Å². The van der Waals surface area contributed by atoms with E-state index >= 15 is 0 Å². The minimum atomic E-state index is -0.217. The summed E-state index contributed by atoms with van der Waals surface area (Å²) in [6.07, 6.45) is 0. The van der Waals surface area contributed by atoms with Gasteiger partial charge in [0, 0.05) is 50.5 Å². The molecule has 2 aromatic rings. The first-order valence-electron chi connectivity index (χ1n) is 8.25. The molecule has 0 saturated carbocycles. The van der Waals surface area contributed by atoms with Crippen molar-refractivity contribution in [3.05, 3.63) is 59.4 Å². The number of hydrogen-bond donors (Lipinski definition) is 1. The van der Waals surface area contributed by atoms with Gasteiger partial charge in [-0.3, -0.25) is 9.80 Å². The fourth-order valence-corrected chi connectivity index (χ4v) is 3.17. The third-order valence-electron chi connectivity index (χ3n) is 4.46. The van der Waals surface area contributed by atoms with Crippen LogP contribution in [-0.2, 0) is 13.1 Å². The SMILES string of the molecule is COc1ccc(F)cc1CN1CCN(Cc2cccc(N)c2)CC1.Cl.Cl. The van der Waals surface area contributed by atoms with Gasteiger partial charge >= 0.3 is 0 Å². The molecule has 144 valence electrons. The van der Waals surface area contributed by atoms with Gasteiger partial charge in [-0.05, 0) is 35.9 Å². The minimum absolute atomic E-state index is 0. The van der Waals surface area contributed by atoms with E-state index in [2.05, 4.69) is 15.9 Å². The molecule has 0 bridgehead atoms. The Morgan fingerprint density at radius 2 is 1.62 bits per heavy atom. The lowest BCUT2D eigenvalue weighted by atomic mass is 10.1. The van der Waals surface area contributed by atoms with Crippen LogP contribution < -0.4 is 10.5 Å². The monoisotopic (exact) mass is 401 g/mol. The molecule has 3 rings (SSSR count). The zero-order valence-corrected chi connectivity index (χ0v) is 16.5. The largest absolute Gasteiger partial charge is 0.496 e. The molecule has 0 atom stereocenters. The molecule has 1 fully saturated rings. The maximum Gasteiger partial charge on any atom is 0.123 e. The van der Waals surface area contributed by atoms with Gasteiger partial charge in [0.15, 0.2) is 0 Å². The zero-order chi connectivity index (χ0) is 16.9. The number of rotatable bonds is 5. The van der Waals surface area contributed by atoms with E-state index in [4.69, 9.17) is 10.5 Å². The van der Waals surface area contributed by atoms with Gasteiger partial charge in [-0.1, -0.05) is 12.1 Å². The van der Waals surface area contributed by atoms with Crippen LogP contribution in [0.3, 0.4) is 0 Å². The molecule has 26 heavy (non-hydrogen) atoms. The number of anilines is 1. The van der Waals surface area contributed by atoms with Gasteiger partial charge in [-0.25, -0.2) is 4.39 Å². The Bertz CT molecular complexity index is 694. The average Bonchev–Trinajstić information content (AvgIpc) is 2.57. The number of halogens is 3. The topological polar surface area (TPSA) is 41.7 Å². The summed E-state index contributed by atoms with van der Waals surface area (Å²) in [6, 6.07) is 12.7. The maximum absolute atomic E-state index is 13.5. The number of methoxy groups -OCH3 is 1. The van der Waals surface area contributed by atoms with E-state index in [0.29, 0.717) is 6.54 Å². The molecule has 1 aliphatic rings. The highest BCUT2D eigenvalue weighted by molar-refractivity contribution is 5.85. The molecule has 0 spiro atoms. The summed E-state index contributed by atoms with van der Waals surface area (Å²) in [5, 5.41) is 0. The maximum atomic E-state index is 13.5. The van der Waals surface area contributed by atoms with Crippen molar-refractivity contribution in [1.82, 2.24) is 9.80 Å². The Hall–Kier alpha value is -1.53. The van der Waals surface area contributed by atoms with Crippen molar-refractivity contribution >= 4 is 30.5 Å². The first kappa shape index (κ1) is 22.5. The second kappa shape index (κ2) is 10.6. The number of ether oxygens (including phenoxy) is 1. The van der Waals surface area contributed by atoms with Crippen molar-refractivity contribution in [3.8, 4) is 5.75 Å². The Labute approximate surface area is 166 Å². The summed E-state index contributed by atoms with van der Waals surface area (Å²) in [5.74, 6) is 0.532. The zero-order valence-electron chi connectivity index (χ0n) is 14.9. The van der Waals surface area contributed by atoms with E-state index < -0.39 is 0 Å². The molecule has 1 saturated heterocycles. The molecule has 1 aliphatic heterocycles. The molecular weight excluding hydrogens is 376 g/mol. The van der Waals surface area contributed by atoms with Gasteiger partial charge in [-0.15, -0.1) is 24.8 Å². The second-order valence-corrected chi connectivity index (χ2v) is 6.25. The van der Waals surface area contributed by atoms with E-state index in [1.807, 2.05) is 18.2 Å². The summed E-state index contributed by atoms with van der Waals surface area (Å²) >= 11 is 0. The van der Waals surface area contributed by atoms with Crippen molar-refractivity contribution < 1.29 is 9.13 Å². The highest BCUT2D eigenvalue weighted by Crippen LogP contribution is 2.22. The highest BCUT2D eigenvalue weighted by Gasteiger charge is 2.18. The lowest BCUT2D eigenvalue weighted by Gasteiger charge is -2.35. The van der Waals surface area contributed by atoms with Crippen LogP contribution in [-0.4, -0.2) is 43.1 Å². The van der Waals surface area contributed by atoms with Gasteiger partial charge in [0.2, 0.25) is 0 Å². The molecular formula is C19H26Cl2FN3O. The Kier molecular flexibility index (Phi) is 9.16. The molecule has 0 amide bonds. The predicted octanol–water partition coefficient (Wildman–Crippen LogP) is 3.58. The number of hydrogen-bond acceptors (Lipinski definition) is 4. The first-order valence-corrected chi connectivity index (χ1v) is 8.25. The molecule has 0 radical (unpaired) electrons. The molecule has 2 N–H and O–H groups in total. The van der Waals surface area contributed by atoms with Crippen LogP contribution in [0.15, 0.2) is 42.5 Å². The predicted molar refractivity (Wildman–Crippen MR) is 109 cm³/mol. The Morgan fingerprint density at radius 3 is 2.23 bits per heavy atom. The average molecular weight is 402 g/mol. The van der Waals surface area contributed by atoms with Gasteiger partial charge in [0.1, 0.15) is 11.6 Å². The molecule has 4 nitrogen and oxygen atoms in total. The summed E-state index contributed by atoms with van der Waals surface area (Å²) in [7, 11) is 1.63. The van der Waals surface area contributed by atoms with Crippen molar-refractivity contribution in [3.63, 3.8) is 0 Å². The van der Waals surface area contributed by atoms with E-state index in [0.717, 1.165) is 49.7 Å². The van der Waals surface area contributed by atoms with Crippen LogP contribution >= 0.6 is 24.8 Å². The van der Waals surface area contributed by atoms with Crippen molar-refractivity contribution in [2.75, 3.05) is 39.0 Å². The Morgan fingerprint density at radius 1 is 0.962 bits per heavy atom. The van der Waals surface area contributed by atoms with Gasteiger partial charge < -0.3 is 10.5 Å². The van der Waals surface area contributed by atoms with Crippen molar-refractivity contribution in [2.24, 2.45) is 0 Å². The second-order valence-electron chi connectivity index (χ2n) is 6.25. The van der Waals surface area contributed by atoms with Crippen molar-refractivity contribution in [2.45, 2.75) is 13.1 Å². The third kappa shape index (κ3) is 6.02. The molecule has 0 unspecified atom stereocenters. The van der Waals surface area contributed by atoms with Crippen LogP contribution in [0.4, 0.5) is 10.1 Å². The number of nitrogens with zero attached hydrogens (tertiary/aromatic N) is 2. The smallest absolute Gasteiger partial charge is 0.123 e. The minimum Gasteiger partial charge on any atom is -0.496 e. The molecule has 0 aromatic heterocycles. The van der Waals surface area contributed by atoms with E-state index in [1.165, 1.54) is 11.6 Å². The first-order chi connectivity index (χ1) is 11.6. The number of nitrogens with two attached hydrogens (primary N) is 1. The van der Waals surface area contributed by atoms with Gasteiger partial charge in [0.05, 0.1) is 7.11 Å². The highest BCUT2D eigenvalue weighted by atomic mass is 35.5. The fourth-order valence-electron chi connectivity index (χ4n) is 3.17. The van der Waals surface area contributed by atoms with Crippen LogP contribution in [0.2, 0.25) is 0 Å². The normalized spacial score (nSPS) is 15.0. The quantitative estimate of drug-likeness (QED) is 0.777.